The maximum atomic E-state index is 12.3. The van der Waals surface area contributed by atoms with Crippen molar-refractivity contribution in [1.29, 1.82) is 0 Å². The number of sulfonamides is 1. The van der Waals surface area contributed by atoms with Crippen molar-refractivity contribution in [3.8, 4) is 0 Å². The van der Waals surface area contributed by atoms with Gasteiger partial charge in [0.2, 0.25) is 0 Å². The van der Waals surface area contributed by atoms with Crippen LogP contribution in [0.3, 0.4) is 0 Å². The van der Waals surface area contributed by atoms with Crippen molar-refractivity contribution < 1.29 is 18.3 Å². The predicted octanol–water partition coefficient (Wildman–Crippen LogP) is 2.53. The largest absolute Gasteiger partial charge is 0.478 e. The van der Waals surface area contributed by atoms with Crippen molar-refractivity contribution in [3.05, 3.63) is 52.5 Å². The fourth-order valence-corrected chi connectivity index (χ4v) is 3.34. The first-order valence-corrected chi connectivity index (χ1v) is 7.98. The summed E-state index contributed by atoms with van der Waals surface area (Å²) in [7, 11) is -3.89. The Balaban J connectivity index is 2.44. The molecule has 0 aromatic heterocycles. The van der Waals surface area contributed by atoms with Crippen molar-refractivity contribution >= 4 is 43.3 Å². The minimum Gasteiger partial charge on any atom is -0.478 e. The van der Waals surface area contributed by atoms with Gasteiger partial charge in [0.25, 0.3) is 10.0 Å². The number of hydrogen-bond donors (Lipinski definition) is 3. The van der Waals surface area contributed by atoms with Crippen LogP contribution in [-0.4, -0.2) is 19.5 Å². The molecular formula is C13H11BrN2O4S. The number of benzene rings is 2. The number of nitrogens with two attached hydrogens (primary N) is 1. The molecular weight excluding hydrogens is 360 g/mol. The highest BCUT2D eigenvalue weighted by atomic mass is 79.9. The van der Waals surface area contributed by atoms with E-state index in [9.17, 15) is 13.2 Å². The van der Waals surface area contributed by atoms with Crippen LogP contribution in [0.2, 0.25) is 0 Å². The quantitative estimate of drug-likeness (QED) is 0.716. The van der Waals surface area contributed by atoms with Crippen LogP contribution >= 0.6 is 15.9 Å². The number of aromatic carboxylic acids is 1. The lowest BCUT2D eigenvalue weighted by molar-refractivity contribution is 0.0698. The normalized spacial score (nSPS) is 11.1. The molecule has 0 bridgehead atoms. The Morgan fingerprint density at radius 1 is 1.19 bits per heavy atom. The second-order valence-corrected chi connectivity index (χ2v) is 6.77. The molecule has 21 heavy (non-hydrogen) atoms. The van der Waals surface area contributed by atoms with Gasteiger partial charge >= 0.3 is 5.97 Å². The summed E-state index contributed by atoms with van der Waals surface area (Å²) in [4.78, 5) is 11.2. The third-order valence-corrected chi connectivity index (χ3v) is 4.48. The lowest BCUT2D eigenvalue weighted by atomic mass is 10.1. The Morgan fingerprint density at radius 3 is 2.52 bits per heavy atom. The standard InChI is InChI=1S/C13H11BrN2O4S/c14-8-2-1-3-10(6-8)21(19,20)16-12-5-4-9(15)7-11(12)13(17)18/h1-7,16H,15H2,(H,17,18). The molecule has 2 aromatic rings. The molecule has 2 rings (SSSR count). The molecule has 0 saturated heterocycles. The SMILES string of the molecule is Nc1ccc(NS(=O)(=O)c2cccc(Br)c2)c(C(=O)O)c1. The molecule has 0 heterocycles. The summed E-state index contributed by atoms with van der Waals surface area (Å²) in [6, 6.07) is 10.0. The lowest BCUT2D eigenvalue weighted by Crippen LogP contribution is -2.15. The Hall–Kier alpha value is -2.06. The van der Waals surface area contributed by atoms with Gasteiger partial charge < -0.3 is 10.8 Å². The molecule has 0 radical (unpaired) electrons. The van der Waals surface area contributed by atoms with Crippen LogP contribution in [-0.2, 0) is 10.0 Å². The Labute approximate surface area is 129 Å². The number of rotatable bonds is 4. The van der Waals surface area contributed by atoms with E-state index in [0.29, 0.717) is 4.47 Å². The second-order valence-electron chi connectivity index (χ2n) is 4.17. The van der Waals surface area contributed by atoms with Gasteiger partial charge in [-0.25, -0.2) is 13.2 Å². The van der Waals surface area contributed by atoms with Gasteiger partial charge in [-0.3, -0.25) is 4.72 Å². The van der Waals surface area contributed by atoms with E-state index in [2.05, 4.69) is 20.7 Å². The number of hydrogen-bond acceptors (Lipinski definition) is 4. The highest BCUT2D eigenvalue weighted by Crippen LogP contribution is 2.23. The van der Waals surface area contributed by atoms with Crippen LogP contribution < -0.4 is 10.5 Å². The summed E-state index contributed by atoms with van der Waals surface area (Å²) < 4.78 is 27.4. The van der Waals surface area contributed by atoms with Crippen molar-refractivity contribution in [2.75, 3.05) is 10.5 Å². The fourth-order valence-electron chi connectivity index (χ4n) is 1.67. The van der Waals surface area contributed by atoms with Gasteiger partial charge in [0, 0.05) is 10.2 Å². The van der Waals surface area contributed by atoms with Crippen LogP contribution in [0.5, 0.6) is 0 Å². The van der Waals surface area contributed by atoms with Crippen LogP contribution in [0.25, 0.3) is 0 Å². The Morgan fingerprint density at radius 2 is 1.90 bits per heavy atom. The zero-order chi connectivity index (χ0) is 15.6. The third-order valence-electron chi connectivity index (χ3n) is 2.62. The average Bonchev–Trinajstić information content (AvgIpc) is 2.40. The highest BCUT2D eigenvalue weighted by Gasteiger charge is 2.18. The molecule has 0 aliphatic heterocycles. The van der Waals surface area contributed by atoms with E-state index >= 15 is 0 Å². The molecule has 0 aliphatic rings. The summed E-state index contributed by atoms with van der Waals surface area (Å²) in [6.45, 7) is 0. The minimum absolute atomic E-state index is 0.0186. The summed E-state index contributed by atoms with van der Waals surface area (Å²) in [5, 5.41) is 9.10. The first-order chi connectivity index (χ1) is 9.79. The van der Waals surface area contributed by atoms with Crippen LogP contribution in [0.15, 0.2) is 51.8 Å². The zero-order valence-electron chi connectivity index (χ0n) is 10.6. The van der Waals surface area contributed by atoms with Crippen molar-refractivity contribution in [2.45, 2.75) is 4.90 Å². The highest BCUT2D eigenvalue weighted by molar-refractivity contribution is 9.10. The second kappa shape index (κ2) is 5.74. The number of carboxylic acid groups (broad SMARTS) is 1. The van der Waals surface area contributed by atoms with Gasteiger partial charge in [-0.05, 0) is 36.4 Å². The molecule has 0 amide bonds. The maximum Gasteiger partial charge on any atom is 0.337 e. The first kappa shape index (κ1) is 15.3. The van der Waals surface area contributed by atoms with Crippen LogP contribution in [0.4, 0.5) is 11.4 Å². The van der Waals surface area contributed by atoms with Gasteiger partial charge in [-0.2, -0.15) is 0 Å². The van der Waals surface area contributed by atoms with E-state index in [1.54, 1.807) is 12.1 Å². The summed E-state index contributed by atoms with van der Waals surface area (Å²) >= 11 is 3.18. The molecule has 8 heteroatoms. The van der Waals surface area contributed by atoms with E-state index < -0.39 is 16.0 Å². The van der Waals surface area contributed by atoms with E-state index in [1.807, 2.05) is 0 Å². The third kappa shape index (κ3) is 3.53. The first-order valence-electron chi connectivity index (χ1n) is 5.71. The number of carbonyl (C=O) groups is 1. The van der Waals surface area contributed by atoms with E-state index in [0.717, 1.165) is 0 Å². The molecule has 0 fully saturated rings. The van der Waals surface area contributed by atoms with Crippen molar-refractivity contribution in [2.24, 2.45) is 0 Å². The monoisotopic (exact) mass is 370 g/mol. The summed E-state index contributed by atoms with van der Waals surface area (Å²) in [6.07, 6.45) is 0. The number of halogens is 1. The van der Waals surface area contributed by atoms with Crippen LogP contribution in [0, 0.1) is 0 Å². The molecule has 0 saturated carbocycles. The Kier molecular flexibility index (Phi) is 4.19. The molecule has 2 aromatic carbocycles. The van der Waals surface area contributed by atoms with Crippen molar-refractivity contribution in [1.82, 2.24) is 0 Å². The minimum atomic E-state index is -3.89. The molecule has 6 nitrogen and oxygen atoms in total. The van der Waals surface area contributed by atoms with E-state index in [1.165, 1.54) is 30.3 Å². The smallest absolute Gasteiger partial charge is 0.337 e. The fraction of sp³-hybridized carbons (Fsp3) is 0. The number of nitrogens with one attached hydrogen (secondary N) is 1. The molecule has 110 valence electrons. The van der Waals surface area contributed by atoms with Gasteiger partial charge in [0.1, 0.15) is 0 Å². The average molecular weight is 371 g/mol. The molecule has 0 atom stereocenters. The topological polar surface area (TPSA) is 109 Å². The van der Waals surface area contributed by atoms with Gasteiger partial charge in [-0.1, -0.05) is 22.0 Å². The van der Waals surface area contributed by atoms with Gasteiger partial charge in [0.05, 0.1) is 16.1 Å². The van der Waals surface area contributed by atoms with Crippen molar-refractivity contribution in [3.63, 3.8) is 0 Å². The predicted molar refractivity (Wildman–Crippen MR) is 82.8 cm³/mol. The molecule has 4 N–H and O–H groups in total. The molecule has 0 aliphatic carbocycles. The summed E-state index contributed by atoms with van der Waals surface area (Å²) in [5.41, 5.74) is 5.49. The zero-order valence-corrected chi connectivity index (χ0v) is 13.0. The summed E-state index contributed by atoms with van der Waals surface area (Å²) in [5.74, 6) is -1.27. The molecule has 0 spiro atoms. The lowest BCUT2D eigenvalue weighted by Gasteiger charge is -2.11. The van der Waals surface area contributed by atoms with E-state index in [4.69, 9.17) is 10.8 Å². The Bertz CT molecular complexity index is 806. The number of nitrogen functional groups attached to an aromatic ring is 1. The molecule has 0 unspecified atom stereocenters. The van der Waals surface area contributed by atoms with Gasteiger partial charge in [0.15, 0.2) is 0 Å². The maximum absolute atomic E-state index is 12.3. The van der Waals surface area contributed by atoms with Gasteiger partial charge in [-0.15, -0.1) is 0 Å². The van der Waals surface area contributed by atoms with E-state index in [-0.39, 0.29) is 21.8 Å². The number of anilines is 2. The number of carboxylic acids is 1. The van der Waals surface area contributed by atoms with Crippen LogP contribution in [0.1, 0.15) is 10.4 Å².